The third-order valence-electron chi connectivity index (χ3n) is 2.65. The van der Waals surface area contributed by atoms with Gasteiger partial charge < -0.3 is 15.2 Å². The summed E-state index contributed by atoms with van der Waals surface area (Å²) < 4.78 is 5.42. The predicted octanol–water partition coefficient (Wildman–Crippen LogP) is 4.34. The molecule has 4 nitrogen and oxygen atoms in total. The van der Waals surface area contributed by atoms with Crippen LogP contribution in [0.3, 0.4) is 0 Å². The van der Waals surface area contributed by atoms with E-state index in [-0.39, 0.29) is 5.92 Å². The highest BCUT2D eigenvalue weighted by molar-refractivity contribution is 5.70. The Morgan fingerprint density at radius 3 is 2.10 bits per heavy atom. The maximum absolute atomic E-state index is 11.0. The van der Waals surface area contributed by atoms with Gasteiger partial charge in [-0.1, -0.05) is 48.0 Å². The molecule has 0 aromatic rings. The maximum Gasteiger partial charge on any atom is 0.307 e. The van der Waals surface area contributed by atoms with Crippen LogP contribution >= 0.6 is 0 Å². The van der Waals surface area contributed by atoms with Crippen molar-refractivity contribution >= 4 is 5.97 Å². The minimum atomic E-state index is -0.706. The highest BCUT2D eigenvalue weighted by Gasteiger charge is 2.15. The lowest BCUT2D eigenvalue weighted by atomic mass is 10.0. The molecule has 1 unspecified atom stereocenters. The fourth-order valence-electron chi connectivity index (χ4n) is 1.55. The van der Waals surface area contributed by atoms with Crippen molar-refractivity contribution in [2.75, 3.05) is 26.3 Å². The van der Waals surface area contributed by atoms with Crippen molar-refractivity contribution < 1.29 is 14.6 Å². The lowest BCUT2D eigenvalue weighted by Gasteiger charge is -2.13. The zero-order valence-corrected chi connectivity index (χ0v) is 15.2. The number of rotatable bonds is 12. The smallest absolute Gasteiger partial charge is 0.307 e. The summed E-state index contributed by atoms with van der Waals surface area (Å²) in [4.78, 5) is 11.0. The van der Waals surface area contributed by atoms with E-state index in [9.17, 15) is 4.79 Å². The molecule has 0 fully saturated rings. The summed E-state index contributed by atoms with van der Waals surface area (Å²) in [6.07, 6.45) is 4.78. The van der Waals surface area contributed by atoms with Crippen LogP contribution in [-0.2, 0) is 9.53 Å². The minimum absolute atomic E-state index is 0.281. The van der Waals surface area contributed by atoms with Crippen LogP contribution in [0.1, 0.15) is 73.6 Å². The minimum Gasteiger partial charge on any atom is -0.481 e. The summed E-state index contributed by atoms with van der Waals surface area (Å²) in [6.45, 7) is 15.1. The molecule has 0 bridgehead atoms. The Balaban J connectivity index is -0.000000739. The number of ether oxygens (including phenoxy) is 1. The first kappa shape index (κ1) is 25.3. The van der Waals surface area contributed by atoms with E-state index in [1.165, 1.54) is 0 Å². The first-order valence-electron chi connectivity index (χ1n) is 8.73. The molecule has 0 spiro atoms. The van der Waals surface area contributed by atoms with Gasteiger partial charge in [-0.3, -0.25) is 4.79 Å². The Bertz CT molecular complexity index is 187. The second-order valence-electron chi connectivity index (χ2n) is 4.35. The topological polar surface area (TPSA) is 58.6 Å². The molecule has 4 heteroatoms. The molecule has 130 valence electrons. The first-order chi connectivity index (χ1) is 10.2. The molecule has 0 heterocycles. The third kappa shape index (κ3) is 21.8. The average Bonchev–Trinajstić information content (AvgIpc) is 2.52. The number of carboxylic acid groups (broad SMARTS) is 1. The fraction of sp³-hybridized carbons (Fsp3) is 0.941. The second kappa shape index (κ2) is 24.4. The molecule has 0 aromatic heterocycles. The van der Waals surface area contributed by atoms with Gasteiger partial charge in [0, 0.05) is 19.8 Å². The van der Waals surface area contributed by atoms with Crippen molar-refractivity contribution in [3.05, 3.63) is 0 Å². The largest absolute Gasteiger partial charge is 0.481 e. The van der Waals surface area contributed by atoms with E-state index in [0.717, 1.165) is 38.8 Å². The van der Waals surface area contributed by atoms with Gasteiger partial charge in [-0.25, -0.2) is 0 Å². The lowest BCUT2D eigenvalue weighted by molar-refractivity contribution is -0.141. The van der Waals surface area contributed by atoms with E-state index >= 15 is 0 Å². The van der Waals surface area contributed by atoms with Gasteiger partial charge in [0.15, 0.2) is 0 Å². The van der Waals surface area contributed by atoms with E-state index in [2.05, 4.69) is 19.2 Å². The second-order valence-corrected chi connectivity index (χ2v) is 4.35. The van der Waals surface area contributed by atoms with Crippen LogP contribution < -0.4 is 5.32 Å². The molecule has 2 N–H and O–H groups in total. The van der Waals surface area contributed by atoms with Gasteiger partial charge in [-0.15, -0.1) is 0 Å². The van der Waals surface area contributed by atoms with Crippen LogP contribution in [0.15, 0.2) is 0 Å². The Hall–Kier alpha value is -0.610. The molecular formula is C17H39NO3. The molecule has 0 radical (unpaired) electrons. The summed E-state index contributed by atoms with van der Waals surface area (Å²) in [5.41, 5.74) is 0. The Morgan fingerprint density at radius 1 is 1.05 bits per heavy atom. The standard InChI is InChI=1S/C13H27NO3.2C2H6/c1-3-5-9-17-10-6-7-12(13(15)16)11-14-8-4-2;2*1-2/h12,14H,3-11H2,1-2H3,(H,15,16);2*1-2H3. The van der Waals surface area contributed by atoms with E-state index < -0.39 is 5.97 Å². The number of unbranched alkanes of at least 4 members (excludes halogenated alkanes) is 1. The number of carboxylic acids is 1. The molecule has 1 atom stereocenters. The van der Waals surface area contributed by atoms with Crippen molar-refractivity contribution in [3.8, 4) is 0 Å². The highest BCUT2D eigenvalue weighted by Crippen LogP contribution is 2.06. The van der Waals surface area contributed by atoms with Gasteiger partial charge in [0.1, 0.15) is 0 Å². The predicted molar refractivity (Wildman–Crippen MR) is 91.9 cm³/mol. The van der Waals surface area contributed by atoms with Gasteiger partial charge in [0.05, 0.1) is 5.92 Å². The van der Waals surface area contributed by atoms with Crippen LogP contribution in [0, 0.1) is 5.92 Å². The molecule has 0 aliphatic rings. The van der Waals surface area contributed by atoms with Crippen molar-refractivity contribution in [3.63, 3.8) is 0 Å². The normalized spacial score (nSPS) is 10.8. The van der Waals surface area contributed by atoms with Gasteiger partial charge in [-0.2, -0.15) is 0 Å². The Kier molecular flexibility index (Phi) is 29.5. The quantitative estimate of drug-likeness (QED) is 0.527. The zero-order chi connectivity index (χ0) is 16.9. The van der Waals surface area contributed by atoms with E-state index in [0.29, 0.717) is 19.6 Å². The van der Waals surface area contributed by atoms with Gasteiger partial charge in [-0.05, 0) is 32.2 Å². The number of nitrogens with one attached hydrogen (secondary N) is 1. The molecule has 0 aromatic carbocycles. The van der Waals surface area contributed by atoms with Crippen molar-refractivity contribution in [2.45, 2.75) is 73.6 Å². The molecule has 0 saturated heterocycles. The van der Waals surface area contributed by atoms with Crippen molar-refractivity contribution in [2.24, 2.45) is 5.92 Å². The number of hydrogen-bond donors (Lipinski definition) is 2. The summed E-state index contributed by atoms with van der Waals surface area (Å²) in [6, 6.07) is 0. The van der Waals surface area contributed by atoms with Crippen LogP contribution in [0.25, 0.3) is 0 Å². The van der Waals surface area contributed by atoms with Crippen molar-refractivity contribution in [1.82, 2.24) is 5.32 Å². The number of aliphatic carboxylic acids is 1. The van der Waals surface area contributed by atoms with Crippen LogP contribution in [0.5, 0.6) is 0 Å². The first-order valence-corrected chi connectivity index (χ1v) is 8.73. The monoisotopic (exact) mass is 305 g/mol. The zero-order valence-electron chi connectivity index (χ0n) is 15.2. The summed E-state index contributed by atoms with van der Waals surface area (Å²) in [5, 5.41) is 12.2. The third-order valence-corrected chi connectivity index (χ3v) is 2.65. The van der Waals surface area contributed by atoms with Gasteiger partial charge >= 0.3 is 5.97 Å². The molecule has 21 heavy (non-hydrogen) atoms. The molecule has 0 aliphatic heterocycles. The molecular weight excluding hydrogens is 266 g/mol. The van der Waals surface area contributed by atoms with E-state index in [1.807, 2.05) is 27.7 Å². The van der Waals surface area contributed by atoms with Crippen LogP contribution in [0.4, 0.5) is 0 Å². The summed E-state index contributed by atoms with van der Waals surface area (Å²) in [7, 11) is 0. The Labute approximate surface area is 132 Å². The number of hydrogen-bond acceptors (Lipinski definition) is 3. The summed E-state index contributed by atoms with van der Waals surface area (Å²) in [5.74, 6) is -0.988. The van der Waals surface area contributed by atoms with Gasteiger partial charge in [0.25, 0.3) is 0 Å². The maximum atomic E-state index is 11.0. The van der Waals surface area contributed by atoms with Crippen LogP contribution in [-0.4, -0.2) is 37.4 Å². The number of carbonyl (C=O) groups is 1. The summed E-state index contributed by atoms with van der Waals surface area (Å²) >= 11 is 0. The highest BCUT2D eigenvalue weighted by atomic mass is 16.5. The van der Waals surface area contributed by atoms with Crippen LogP contribution in [0.2, 0.25) is 0 Å². The van der Waals surface area contributed by atoms with Crippen molar-refractivity contribution in [1.29, 1.82) is 0 Å². The lowest BCUT2D eigenvalue weighted by Crippen LogP contribution is -2.29. The van der Waals surface area contributed by atoms with E-state index in [1.54, 1.807) is 0 Å². The molecule has 0 amide bonds. The molecule has 0 saturated carbocycles. The Morgan fingerprint density at radius 2 is 1.62 bits per heavy atom. The SMILES string of the molecule is CC.CC.CCCCOCCCC(CNCCC)C(=O)O. The average molecular weight is 306 g/mol. The van der Waals surface area contributed by atoms with Gasteiger partial charge in [0.2, 0.25) is 0 Å². The molecule has 0 aliphatic carbocycles. The fourth-order valence-corrected chi connectivity index (χ4v) is 1.55. The molecule has 0 rings (SSSR count). The van der Waals surface area contributed by atoms with E-state index in [4.69, 9.17) is 9.84 Å².